The molecule has 1 aromatic rings. The van der Waals surface area contributed by atoms with Gasteiger partial charge in [-0.1, -0.05) is 6.92 Å². The van der Waals surface area contributed by atoms with Crippen LogP contribution in [0.1, 0.15) is 24.1 Å². The Kier molecular flexibility index (Phi) is 5.44. The third-order valence-corrected chi connectivity index (χ3v) is 4.90. The normalized spacial score (nSPS) is 23.5. The van der Waals surface area contributed by atoms with Crippen LogP contribution in [0.15, 0.2) is 6.07 Å². The highest BCUT2D eigenvalue weighted by molar-refractivity contribution is 5.37. The van der Waals surface area contributed by atoms with Gasteiger partial charge in [-0.15, -0.1) is 0 Å². The van der Waals surface area contributed by atoms with E-state index in [0.29, 0.717) is 18.0 Å². The van der Waals surface area contributed by atoms with Gasteiger partial charge >= 0.3 is 0 Å². The molecule has 134 valence electrons. The van der Waals surface area contributed by atoms with Crippen LogP contribution in [0, 0.1) is 23.4 Å². The Morgan fingerprint density at radius 1 is 1.21 bits per heavy atom. The minimum atomic E-state index is -1.40. The summed E-state index contributed by atoms with van der Waals surface area (Å²) in [5.74, 6) is -3.28. The fraction of sp³-hybridized carbons (Fsp3) is 0.647. The number of nitrogens with zero attached hydrogens (tertiary/aromatic N) is 2. The maximum atomic E-state index is 14.1. The summed E-state index contributed by atoms with van der Waals surface area (Å²) in [6, 6.07) is 0.828. The highest BCUT2D eigenvalue weighted by Crippen LogP contribution is 2.36. The fourth-order valence-electron chi connectivity index (χ4n) is 3.77. The maximum Gasteiger partial charge on any atom is 0.194 e. The number of rotatable bonds is 5. The second-order valence-electron chi connectivity index (χ2n) is 6.75. The van der Waals surface area contributed by atoms with E-state index in [1.165, 1.54) is 0 Å². The van der Waals surface area contributed by atoms with Gasteiger partial charge in [0.05, 0.1) is 13.2 Å². The predicted molar refractivity (Wildman–Crippen MR) is 84.9 cm³/mol. The molecule has 7 heteroatoms. The number of halogens is 3. The molecule has 2 unspecified atom stereocenters. The van der Waals surface area contributed by atoms with Crippen LogP contribution in [-0.4, -0.2) is 55.7 Å². The summed E-state index contributed by atoms with van der Waals surface area (Å²) in [5.41, 5.74) is 6.55. The zero-order chi connectivity index (χ0) is 17.3. The van der Waals surface area contributed by atoms with Crippen LogP contribution < -0.4 is 5.73 Å². The van der Waals surface area contributed by atoms with Gasteiger partial charge < -0.3 is 10.5 Å². The first-order chi connectivity index (χ1) is 11.5. The summed E-state index contributed by atoms with van der Waals surface area (Å²) in [4.78, 5) is 4.37. The first kappa shape index (κ1) is 17.7. The van der Waals surface area contributed by atoms with Crippen molar-refractivity contribution in [2.75, 3.05) is 45.9 Å². The van der Waals surface area contributed by atoms with E-state index in [-0.39, 0.29) is 24.7 Å². The van der Waals surface area contributed by atoms with Gasteiger partial charge in [0.2, 0.25) is 0 Å². The number of hydrogen-bond donors (Lipinski definition) is 1. The third kappa shape index (κ3) is 3.44. The van der Waals surface area contributed by atoms with Gasteiger partial charge in [-0.2, -0.15) is 0 Å². The number of ether oxygens (including phenoxy) is 1. The molecular weight excluding hydrogens is 319 g/mol. The van der Waals surface area contributed by atoms with E-state index in [9.17, 15) is 13.2 Å². The van der Waals surface area contributed by atoms with Crippen LogP contribution in [0.25, 0.3) is 0 Å². The lowest BCUT2D eigenvalue weighted by molar-refractivity contribution is 0.0279. The Bertz CT molecular complexity index is 593. The highest BCUT2D eigenvalue weighted by atomic mass is 19.2. The van der Waals surface area contributed by atoms with Crippen molar-refractivity contribution in [3.05, 3.63) is 34.6 Å². The van der Waals surface area contributed by atoms with Crippen LogP contribution in [0.5, 0.6) is 0 Å². The summed E-state index contributed by atoms with van der Waals surface area (Å²) in [7, 11) is 0. The maximum absolute atomic E-state index is 14.1. The van der Waals surface area contributed by atoms with Crippen LogP contribution in [0.4, 0.5) is 13.2 Å². The summed E-state index contributed by atoms with van der Waals surface area (Å²) in [5, 5.41) is 0. The lowest BCUT2D eigenvalue weighted by atomic mass is 10.0. The molecule has 0 amide bonds. The summed E-state index contributed by atoms with van der Waals surface area (Å²) in [6.45, 7) is 7.59. The third-order valence-electron chi connectivity index (χ3n) is 4.90. The van der Waals surface area contributed by atoms with Crippen LogP contribution in [0.3, 0.4) is 0 Å². The van der Waals surface area contributed by atoms with Crippen molar-refractivity contribution in [2.45, 2.75) is 19.5 Å². The van der Waals surface area contributed by atoms with Crippen molar-refractivity contribution >= 4 is 0 Å². The van der Waals surface area contributed by atoms with Crippen LogP contribution >= 0.6 is 0 Å². The molecule has 0 aliphatic carbocycles. The number of fused-ring (bicyclic) bond motifs is 1. The number of morpholine rings is 1. The molecule has 0 bridgehead atoms. The number of benzene rings is 1. The van der Waals surface area contributed by atoms with Crippen LogP contribution in [0.2, 0.25) is 0 Å². The molecule has 0 spiro atoms. The van der Waals surface area contributed by atoms with Crippen molar-refractivity contribution in [3.8, 4) is 0 Å². The molecule has 0 saturated carbocycles. The van der Waals surface area contributed by atoms with Crippen LogP contribution in [-0.2, 0) is 11.3 Å². The standard InChI is InChI=1S/C17H24F3N3O/c1-11(8-22-2-4-24-5-3-22)9-23-10-13-12(15(23)7-21)6-14(18)17(20)16(13)19/h6,11,15H,2-5,7-10,21H2,1H3. The number of nitrogens with two attached hydrogens (primary N) is 1. The van der Waals surface area contributed by atoms with E-state index in [1.54, 1.807) is 0 Å². The molecule has 2 heterocycles. The summed E-state index contributed by atoms with van der Waals surface area (Å²) < 4.78 is 46.4. The smallest absolute Gasteiger partial charge is 0.194 e. The van der Waals surface area contributed by atoms with Gasteiger partial charge in [0.1, 0.15) is 0 Å². The monoisotopic (exact) mass is 343 g/mol. The Morgan fingerprint density at radius 3 is 2.58 bits per heavy atom. The predicted octanol–water partition coefficient (Wildman–Crippen LogP) is 1.89. The first-order valence-corrected chi connectivity index (χ1v) is 8.41. The van der Waals surface area contributed by atoms with Gasteiger partial charge in [0.15, 0.2) is 17.5 Å². The lowest BCUT2D eigenvalue weighted by Gasteiger charge is -2.32. The Balaban J connectivity index is 1.69. The molecule has 0 aromatic heterocycles. The molecule has 3 rings (SSSR count). The average Bonchev–Trinajstić information content (AvgIpc) is 2.90. The van der Waals surface area contributed by atoms with E-state index < -0.39 is 17.5 Å². The average molecular weight is 343 g/mol. The highest BCUT2D eigenvalue weighted by Gasteiger charge is 2.34. The molecule has 2 aliphatic heterocycles. The van der Waals surface area contributed by atoms with Gasteiger partial charge in [0.25, 0.3) is 0 Å². The largest absolute Gasteiger partial charge is 0.379 e. The van der Waals surface area contributed by atoms with Gasteiger partial charge in [-0.3, -0.25) is 9.80 Å². The lowest BCUT2D eigenvalue weighted by Crippen LogP contribution is -2.41. The quantitative estimate of drug-likeness (QED) is 0.829. The first-order valence-electron chi connectivity index (χ1n) is 8.41. The molecule has 4 nitrogen and oxygen atoms in total. The molecule has 1 aromatic carbocycles. The van der Waals surface area contributed by atoms with Gasteiger partial charge in [-0.05, 0) is 17.5 Å². The summed E-state index contributed by atoms with van der Waals surface area (Å²) in [6.07, 6.45) is 0. The van der Waals surface area contributed by atoms with E-state index in [2.05, 4.69) is 11.8 Å². The molecule has 1 fully saturated rings. The molecule has 2 atom stereocenters. The van der Waals surface area contributed by atoms with E-state index in [4.69, 9.17) is 10.5 Å². The van der Waals surface area contributed by atoms with E-state index in [0.717, 1.165) is 38.9 Å². The number of hydrogen-bond acceptors (Lipinski definition) is 4. The second kappa shape index (κ2) is 7.39. The minimum Gasteiger partial charge on any atom is -0.379 e. The topological polar surface area (TPSA) is 41.7 Å². The molecule has 2 N–H and O–H groups in total. The van der Waals surface area contributed by atoms with Crippen molar-refractivity contribution in [1.29, 1.82) is 0 Å². The van der Waals surface area contributed by atoms with E-state index in [1.807, 2.05) is 4.90 Å². The zero-order valence-corrected chi connectivity index (χ0v) is 13.9. The Labute approximate surface area is 140 Å². The fourth-order valence-corrected chi connectivity index (χ4v) is 3.77. The Hall–Kier alpha value is -1.15. The molecule has 2 aliphatic rings. The molecule has 0 radical (unpaired) electrons. The van der Waals surface area contributed by atoms with E-state index >= 15 is 0 Å². The van der Waals surface area contributed by atoms with Crippen molar-refractivity contribution < 1.29 is 17.9 Å². The zero-order valence-electron chi connectivity index (χ0n) is 13.9. The van der Waals surface area contributed by atoms with Gasteiger partial charge in [-0.25, -0.2) is 13.2 Å². The van der Waals surface area contributed by atoms with Crippen molar-refractivity contribution in [3.63, 3.8) is 0 Å². The second-order valence-corrected chi connectivity index (χ2v) is 6.75. The summed E-state index contributed by atoms with van der Waals surface area (Å²) >= 11 is 0. The molecule has 1 saturated heterocycles. The molecule has 24 heavy (non-hydrogen) atoms. The van der Waals surface area contributed by atoms with Gasteiger partial charge in [0, 0.05) is 50.9 Å². The van der Waals surface area contributed by atoms with Crippen molar-refractivity contribution in [1.82, 2.24) is 9.80 Å². The minimum absolute atomic E-state index is 0.239. The molecular formula is C17H24F3N3O. The van der Waals surface area contributed by atoms with Crippen molar-refractivity contribution in [2.24, 2.45) is 11.7 Å². The SMILES string of the molecule is CC(CN1CCOCC1)CN1Cc2c(cc(F)c(F)c2F)C1CN. The Morgan fingerprint density at radius 2 is 1.92 bits per heavy atom.